The molecule has 2 aromatic rings. The van der Waals surface area contributed by atoms with E-state index in [2.05, 4.69) is 5.32 Å². The van der Waals surface area contributed by atoms with Crippen LogP contribution in [0.5, 0.6) is 5.75 Å². The van der Waals surface area contributed by atoms with Crippen molar-refractivity contribution in [1.29, 1.82) is 0 Å². The summed E-state index contributed by atoms with van der Waals surface area (Å²) in [6.45, 7) is 1.62. The molecule has 0 aliphatic heterocycles. The predicted molar refractivity (Wildman–Crippen MR) is 72.9 cm³/mol. The molecule has 5 heteroatoms. The van der Waals surface area contributed by atoms with Gasteiger partial charge in [-0.05, 0) is 31.7 Å². The first-order valence-electron chi connectivity index (χ1n) is 5.82. The molecule has 0 radical (unpaired) electrons. The molecule has 1 aromatic carbocycles. The van der Waals surface area contributed by atoms with Crippen molar-refractivity contribution in [1.82, 2.24) is 5.32 Å². The lowest BCUT2D eigenvalue weighted by Gasteiger charge is -2.16. The van der Waals surface area contributed by atoms with Crippen LogP contribution in [0.15, 0.2) is 23.6 Å². The Morgan fingerprint density at radius 1 is 1.21 bits per heavy atom. The highest BCUT2D eigenvalue weighted by atomic mass is 32.1. The van der Waals surface area contributed by atoms with Gasteiger partial charge in [0.05, 0.1) is 13.2 Å². The predicted octanol–water partition coefficient (Wildman–Crippen LogP) is 3.65. The van der Waals surface area contributed by atoms with Gasteiger partial charge in [-0.15, -0.1) is 11.3 Å². The molecule has 0 aliphatic rings. The summed E-state index contributed by atoms with van der Waals surface area (Å²) in [5.41, 5.74) is 0.867. The van der Waals surface area contributed by atoms with Crippen LogP contribution in [0.1, 0.15) is 22.0 Å². The van der Waals surface area contributed by atoms with Gasteiger partial charge in [0.25, 0.3) is 0 Å². The fourth-order valence-corrected chi connectivity index (χ4v) is 2.93. The summed E-state index contributed by atoms with van der Waals surface area (Å²) >= 11 is 1.47. The molecule has 0 amide bonds. The van der Waals surface area contributed by atoms with Gasteiger partial charge in [0.1, 0.15) is 17.4 Å². The third-order valence-corrected chi connectivity index (χ3v) is 3.97. The number of ether oxygens (including phenoxy) is 1. The fourth-order valence-electron chi connectivity index (χ4n) is 1.94. The maximum absolute atomic E-state index is 13.9. The van der Waals surface area contributed by atoms with Gasteiger partial charge in [-0.25, -0.2) is 8.78 Å². The van der Waals surface area contributed by atoms with Crippen LogP contribution in [-0.2, 0) is 0 Å². The van der Waals surface area contributed by atoms with Crippen LogP contribution >= 0.6 is 11.3 Å². The van der Waals surface area contributed by atoms with Crippen molar-refractivity contribution in [3.05, 3.63) is 51.2 Å². The van der Waals surface area contributed by atoms with Gasteiger partial charge in [-0.3, -0.25) is 0 Å². The van der Waals surface area contributed by atoms with Crippen LogP contribution < -0.4 is 10.1 Å². The molecule has 0 spiro atoms. The van der Waals surface area contributed by atoms with Crippen molar-refractivity contribution < 1.29 is 13.5 Å². The number of methoxy groups -OCH3 is 1. The highest BCUT2D eigenvalue weighted by Crippen LogP contribution is 2.32. The Kier molecular flexibility index (Phi) is 4.17. The van der Waals surface area contributed by atoms with Crippen LogP contribution in [-0.4, -0.2) is 14.2 Å². The Labute approximate surface area is 115 Å². The lowest BCUT2D eigenvalue weighted by atomic mass is 10.0. The van der Waals surface area contributed by atoms with Crippen molar-refractivity contribution in [2.45, 2.75) is 13.0 Å². The maximum atomic E-state index is 13.9. The first-order chi connectivity index (χ1) is 9.06. The first kappa shape index (κ1) is 14.0. The van der Waals surface area contributed by atoms with E-state index in [1.54, 1.807) is 21.1 Å². The fraction of sp³-hybridized carbons (Fsp3) is 0.286. The van der Waals surface area contributed by atoms with Crippen molar-refractivity contribution in [2.75, 3.05) is 14.2 Å². The van der Waals surface area contributed by atoms with Gasteiger partial charge in [0, 0.05) is 21.9 Å². The molecule has 1 heterocycles. The second kappa shape index (κ2) is 5.67. The van der Waals surface area contributed by atoms with Crippen LogP contribution in [0.4, 0.5) is 8.78 Å². The lowest BCUT2D eigenvalue weighted by molar-refractivity contribution is 0.416. The largest absolute Gasteiger partial charge is 0.496 e. The van der Waals surface area contributed by atoms with E-state index in [4.69, 9.17) is 4.74 Å². The van der Waals surface area contributed by atoms with E-state index in [9.17, 15) is 8.78 Å². The molecule has 0 bridgehead atoms. The molecule has 0 aliphatic carbocycles. The smallest absolute Gasteiger partial charge is 0.131 e. The van der Waals surface area contributed by atoms with Crippen LogP contribution in [0.25, 0.3) is 0 Å². The Balaban J connectivity index is 2.44. The molecule has 0 saturated carbocycles. The second-order valence-electron chi connectivity index (χ2n) is 4.23. The van der Waals surface area contributed by atoms with Crippen molar-refractivity contribution >= 4 is 11.3 Å². The summed E-state index contributed by atoms with van der Waals surface area (Å²) in [5, 5.41) is 4.91. The van der Waals surface area contributed by atoms with E-state index in [0.29, 0.717) is 11.1 Å². The van der Waals surface area contributed by atoms with Gasteiger partial charge in [-0.2, -0.15) is 0 Å². The summed E-state index contributed by atoms with van der Waals surface area (Å²) in [6.07, 6.45) is 0. The molecule has 2 nitrogen and oxygen atoms in total. The van der Waals surface area contributed by atoms with Crippen LogP contribution in [0.2, 0.25) is 0 Å². The van der Waals surface area contributed by atoms with E-state index in [1.807, 2.05) is 11.4 Å². The van der Waals surface area contributed by atoms with Gasteiger partial charge in [0.15, 0.2) is 0 Å². The summed E-state index contributed by atoms with van der Waals surface area (Å²) in [6, 6.07) is 4.01. The number of thiophene rings is 1. The van der Waals surface area contributed by atoms with E-state index in [0.717, 1.165) is 16.7 Å². The Hall–Kier alpha value is -1.46. The summed E-state index contributed by atoms with van der Waals surface area (Å²) in [5.74, 6) is -0.339. The normalized spacial score (nSPS) is 12.5. The number of rotatable bonds is 4. The minimum absolute atomic E-state index is 0.312. The number of aryl methyl sites for hydroxylation is 1. The van der Waals surface area contributed by atoms with Crippen molar-refractivity contribution in [3.8, 4) is 5.75 Å². The van der Waals surface area contributed by atoms with Crippen LogP contribution in [0.3, 0.4) is 0 Å². The molecule has 1 N–H and O–H groups in total. The number of benzene rings is 1. The van der Waals surface area contributed by atoms with Gasteiger partial charge >= 0.3 is 0 Å². The summed E-state index contributed by atoms with van der Waals surface area (Å²) < 4.78 is 32.4. The third kappa shape index (κ3) is 2.77. The third-order valence-electron chi connectivity index (χ3n) is 2.99. The van der Waals surface area contributed by atoms with E-state index in [-0.39, 0.29) is 6.04 Å². The number of hydrogen-bond acceptors (Lipinski definition) is 3. The van der Waals surface area contributed by atoms with Crippen LogP contribution in [0, 0.1) is 18.6 Å². The molecule has 2 rings (SSSR count). The van der Waals surface area contributed by atoms with Crippen molar-refractivity contribution in [3.63, 3.8) is 0 Å². The molecular weight excluding hydrogens is 268 g/mol. The van der Waals surface area contributed by atoms with Gasteiger partial charge in [-0.1, -0.05) is 0 Å². The molecule has 1 aromatic heterocycles. The monoisotopic (exact) mass is 283 g/mol. The van der Waals surface area contributed by atoms with Gasteiger partial charge in [0.2, 0.25) is 0 Å². The highest BCUT2D eigenvalue weighted by molar-refractivity contribution is 7.10. The average Bonchev–Trinajstić information content (AvgIpc) is 2.85. The average molecular weight is 283 g/mol. The Bertz CT molecular complexity index is 583. The zero-order valence-corrected chi connectivity index (χ0v) is 11.8. The first-order valence-corrected chi connectivity index (χ1v) is 6.70. The zero-order chi connectivity index (χ0) is 14.0. The zero-order valence-electron chi connectivity index (χ0n) is 11.0. The number of halogens is 2. The van der Waals surface area contributed by atoms with Gasteiger partial charge < -0.3 is 10.1 Å². The standard InChI is InChI=1S/C14H15F2NOS/c1-8-4-10(12(16)6-11(8)15)14(17-2)13-5-9(18-3)7-19-13/h4-7,14,17H,1-3H3. The van der Waals surface area contributed by atoms with E-state index < -0.39 is 11.6 Å². The number of hydrogen-bond donors (Lipinski definition) is 1. The Morgan fingerprint density at radius 2 is 1.95 bits per heavy atom. The maximum Gasteiger partial charge on any atom is 0.131 e. The molecule has 1 unspecified atom stereocenters. The molecule has 19 heavy (non-hydrogen) atoms. The topological polar surface area (TPSA) is 21.3 Å². The molecule has 0 fully saturated rings. The summed E-state index contributed by atoms with van der Waals surface area (Å²) in [7, 11) is 3.33. The molecular formula is C14H15F2NOS. The lowest BCUT2D eigenvalue weighted by Crippen LogP contribution is -2.18. The molecule has 0 saturated heterocycles. The molecule has 102 valence electrons. The minimum atomic E-state index is -0.546. The van der Waals surface area contributed by atoms with E-state index >= 15 is 0 Å². The second-order valence-corrected chi connectivity index (χ2v) is 5.18. The quantitative estimate of drug-likeness (QED) is 0.924. The molecule has 1 atom stereocenters. The highest BCUT2D eigenvalue weighted by Gasteiger charge is 2.20. The summed E-state index contributed by atoms with van der Waals surface area (Å²) in [4.78, 5) is 0.921. The minimum Gasteiger partial charge on any atom is -0.496 e. The number of nitrogens with one attached hydrogen (secondary N) is 1. The SMILES string of the molecule is CNC(c1cc(OC)cs1)c1cc(C)c(F)cc1F. The van der Waals surface area contributed by atoms with Crippen molar-refractivity contribution in [2.24, 2.45) is 0 Å². The Morgan fingerprint density at radius 3 is 2.53 bits per heavy atom. The van der Waals surface area contributed by atoms with E-state index in [1.165, 1.54) is 17.4 Å².